The standard InChI is InChI=1S/C14H16N2OS/c1-10-6-4-5-7-11(10)12(17)16-14(2,3)13-15-8-9-18-13/h4-9H,1-3H3,(H,16,17). The van der Waals surface area contributed by atoms with Gasteiger partial charge < -0.3 is 5.32 Å². The van der Waals surface area contributed by atoms with Crippen molar-refractivity contribution in [1.82, 2.24) is 10.3 Å². The molecule has 2 rings (SSSR count). The highest BCUT2D eigenvalue weighted by Gasteiger charge is 2.26. The van der Waals surface area contributed by atoms with Gasteiger partial charge in [0.15, 0.2) is 0 Å². The predicted octanol–water partition coefficient (Wildman–Crippen LogP) is 3.12. The number of nitrogens with zero attached hydrogens (tertiary/aromatic N) is 1. The predicted molar refractivity (Wildman–Crippen MR) is 73.8 cm³/mol. The number of rotatable bonds is 3. The Labute approximate surface area is 111 Å². The molecule has 0 aliphatic carbocycles. The van der Waals surface area contributed by atoms with Crippen molar-refractivity contribution in [2.24, 2.45) is 0 Å². The van der Waals surface area contributed by atoms with Crippen molar-refractivity contribution < 1.29 is 4.79 Å². The van der Waals surface area contributed by atoms with E-state index in [4.69, 9.17) is 0 Å². The first kappa shape index (κ1) is 12.8. The van der Waals surface area contributed by atoms with Crippen LogP contribution in [0.15, 0.2) is 35.8 Å². The molecule has 0 radical (unpaired) electrons. The second-order valence-electron chi connectivity index (χ2n) is 4.73. The molecule has 0 saturated carbocycles. The summed E-state index contributed by atoms with van der Waals surface area (Å²) in [5.74, 6) is -0.0618. The highest BCUT2D eigenvalue weighted by atomic mass is 32.1. The van der Waals surface area contributed by atoms with Gasteiger partial charge in [-0.1, -0.05) is 18.2 Å². The molecule has 1 aromatic carbocycles. The number of hydrogen-bond acceptors (Lipinski definition) is 3. The number of nitrogens with one attached hydrogen (secondary N) is 1. The third kappa shape index (κ3) is 2.59. The lowest BCUT2D eigenvalue weighted by Crippen LogP contribution is -2.41. The maximum Gasteiger partial charge on any atom is 0.252 e. The molecule has 94 valence electrons. The topological polar surface area (TPSA) is 42.0 Å². The van der Waals surface area contributed by atoms with Crippen molar-refractivity contribution in [2.75, 3.05) is 0 Å². The minimum atomic E-state index is -0.451. The fourth-order valence-corrected chi connectivity index (χ4v) is 2.48. The van der Waals surface area contributed by atoms with E-state index in [0.29, 0.717) is 5.56 Å². The molecule has 0 fully saturated rings. The zero-order valence-corrected chi connectivity index (χ0v) is 11.5. The van der Waals surface area contributed by atoms with Gasteiger partial charge in [0.25, 0.3) is 5.91 Å². The maximum atomic E-state index is 12.2. The molecule has 3 nitrogen and oxygen atoms in total. The van der Waals surface area contributed by atoms with E-state index in [1.54, 1.807) is 17.5 Å². The summed E-state index contributed by atoms with van der Waals surface area (Å²) in [6.07, 6.45) is 1.75. The second kappa shape index (κ2) is 4.90. The van der Waals surface area contributed by atoms with E-state index in [-0.39, 0.29) is 5.91 Å². The molecule has 0 bridgehead atoms. The molecule has 0 unspecified atom stereocenters. The van der Waals surface area contributed by atoms with Crippen LogP contribution in [0.4, 0.5) is 0 Å². The zero-order chi connectivity index (χ0) is 13.2. The van der Waals surface area contributed by atoms with E-state index in [2.05, 4.69) is 10.3 Å². The van der Waals surface area contributed by atoms with Crippen molar-refractivity contribution >= 4 is 17.2 Å². The summed E-state index contributed by atoms with van der Waals surface area (Å²) < 4.78 is 0. The molecular formula is C14H16N2OS. The SMILES string of the molecule is Cc1ccccc1C(=O)NC(C)(C)c1nccs1. The van der Waals surface area contributed by atoms with Crippen molar-refractivity contribution in [2.45, 2.75) is 26.3 Å². The Kier molecular flexibility index (Phi) is 3.48. The average molecular weight is 260 g/mol. The molecule has 0 aliphatic rings. The van der Waals surface area contributed by atoms with Crippen molar-refractivity contribution in [3.63, 3.8) is 0 Å². The van der Waals surface area contributed by atoms with E-state index in [9.17, 15) is 4.79 Å². The van der Waals surface area contributed by atoms with E-state index in [1.165, 1.54) is 0 Å². The molecule has 1 N–H and O–H groups in total. The summed E-state index contributed by atoms with van der Waals surface area (Å²) >= 11 is 1.55. The molecule has 1 amide bonds. The second-order valence-corrected chi connectivity index (χ2v) is 5.63. The monoisotopic (exact) mass is 260 g/mol. The summed E-state index contributed by atoms with van der Waals surface area (Å²) in [5, 5.41) is 5.85. The lowest BCUT2D eigenvalue weighted by atomic mass is 10.0. The number of thiazole rings is 1. The Morgan fingerprint density at radius 3 is 2.67 bits per heavy atom. The van der Waals surface area contributed by atoms with E-state index >= 15 is 0 Å². The number of benzene rings is 1. The van der Waals surface area contributed by atoms with Gasteiger partial charge in [-0.2, -0.15) is 0 Å². The van der Waals surface area contributed by atoms with Crippen LogP contribution in [0.5, 0.6) is 0 Å². The number of carbonyl (C=O) groups is 1. The van der Waals surface area contributed by atoms with Gasteiger partial charge >= 0.3 is 0 Å². The summed E-state index contributed by atoms with van der Waals surface area (Å²) in [6.45, 7) is 5.86. The molecule has 4 heteroatoms. The Balaban J connectivity index is 2.20. The number of hydrogen-bond donors (Lipinski definition) is 1. The highest BCUT2D eigenvalue weighted by molar-refractivity contribution is 7.09. The Bertz CT molecular complexity index is 547. The minimum absolute atomic E-state index is 0.0618. The van der Waals surface area contributed by atoms with Gasteiger partial charge in [0.05, 0.1) is 5.54 Å². The minimum Gasteiger partial charge on any atom is -0.341 e. The molecule has 0 atom stereocenters. The Hall–Kier alpha value is -1.68. The van der Waals surface area contributed by atoms with Gasteiger partial charge in [0.2, 0.25) is 0 Å². The lowest BCUT2D eigenvalue weighted by molar-refractivity contribution is 0.0911. The molecule has 0 saturated heterocycles. The number of aromatic nitrogens is 1. The molecule has 2 aromatic rings. The third-order valence-electron chi connectivity index (χ3n) is 2.78. The summed E-state index contributed by atoms with van der Waals surface area (Å²) in [7, 11) is 0. The Morgan fingerprint density at radius 2 is 2.06 bits per heavy atom. The molecule has 1 aromatic heterocycles. The van der Waals surface area contributed by atoms with E-state index in [0.717, 1.165) is 10.6 Å². The van der Waals surface area contributed by atoms with Crippen LogP contribution in [0.1, 0.15) is 34.8 Å². The number of amides is 1. The fraction of sp³-hybridized carbons (Fsp3) is 0.286. The van der Waals surface area contributed by atoms with Gasteiger partial charge in [0.1, 0.15) is 5.01 Å². The van der Waals surface area contributed by atoms with Gasteiger partial charge in [-0.05, 0) is 32.4 Å². The maximum absolute atomic E-state index is 12.2. The van der Waals surface area contributed by atoms with Crippen LogP contribution in [0, 0.1) is 6.92 Å². The smallest absolute Gasteiger partial charge is 0.252 e. The fourth-order valence-electron chi connectivity index (χ4n) is 1.76. The summed E-state index contributed by atoms with van der Waals surface area (Å²) in [4.78, 5) is 16.5. The first-order valence-corrected chi connectivity index (χ1v) is 6.67. The lowest BCUT2D eigenvalue weighted by Gasteiger charge is -2.24. The largest absolute Gasteiger partial charge is 0.341 e. The summed E-state index contributed by atoms with van der Waals surface area (Å²) in [5.41, 5.74) is 1.24. The average Bonchev–Trinajstić information content (AvgIpc) is 2.82. The number of carbonyl (C=O) groups excluding carboxylic acids is 1. The van der Waals surface area contributed by atoms with Gasteiger partial charge in [-0.3, -0.25) is 4.79 Å². The molecule has 0 spiro atoms. The normalized spacial score (nSPS) is 11.3. The molecule has 1 heterocycles. The van der Waals surface area contributed by atoms with Crippen molar-refractivity contribution in [3.8, 4) is 0 Å². The summed E-state index contributed by atoms with van der Waals surface area (Å²) in [6, 6.07) is 7.57. The van der Waals surface area contributed by atoms with Gasteiger partial charge in [0, 0.05) is 17.1 Å². The first-order chi connectivity index (χ1) is 8.50. The van der Waals surface area contributed by atoms with Crippen LogP contribution >= 0.6 is 11.3 Å². The van der Waals surface area contributed by atoms with Crippen LogP contribution in [0.2, 0.25) is 0 Å². The van der Waals surface area contributed by atoms with Crippen LogP contribution in [0.25, 0.3) is 0 Å². The van der Waals surface area contributed by atoms with Gasteiger partial charge in [-0.15, -0.1) is 11.3 Å². The number of aryl methyl sites for hydroxylation is 1. The zero-order valence-electron chi connectivity index (χ0n) is 10.7. The van der Waals surface area contributed by atoms with Crippen LogP contribution in [-0.2, 0) is 5.54 Å². The van der Waals surface area contributed by atoms with Crippen LogP contribution < -0.4 is 5.32 Å². The van der Waals surface area contributed by atoms with E-state index in [1.807, 2.05) is 50.4 Å². The first-order valence-electron chi connectivity index (χ1n) is 5.79. The quantitative estimate of drug-likeness (QED) is 0.921. The van der Waals surface area contributed by atoms with Gasteiger partial charge in [-0.25, -0.2) is 4.98 Å². The molecule has 0 aliphatic heterocycles. The Morgan fingerprint density at radius 1 is 1.33 bits per heavy atom. The van der Waals surface area contributed by atoms with Crippen molar-refractivity contribution in [1.29, 1.82) is 0 Å². The molecule has 18 heavy (non-hydrogen) atoms. The molecular weight excluding hydrogens is 244 g/mol. The third-order valence-corrected chi connectivity index (χ3v) is 3.88. The highest BCUT2D eigenvalue weighted by Crippen LogP contribution is 2.22. The van der Waals surface area contributed by atoms with Crippen molar-refractivity contribution in [3.05, 3.63) is 52.0 Å². The van der Waals surface area contributed by atoms with Crippen LogP contribution in [0.3, 0.4) is 0 Å². The van der Waals surface area contributed by atoms with Crippen LogP contribution in [-0.4, -0.2) is 10.9 Å². The van der Waals surface area contributed by atoms with E-state index < -0.39 is 5.54 Å².